The van der Waals surface area contributed by atoms with E-state index in [1.54, 1.807) is 0 Å². The fraction of sp³-hybridized carbons (Fsp3) is 0.462. The van der Waals surface area contributed by atoms with Crippen LogP contribution < -0.4 is 15.1 Å². The highest BCUT2D eigenvalue weighted by molar-refractivity contribution is 8.14. The van der Waals surface area contributed by atoms with Crippen LogP contribution in [0.2, 0.25) is 0 Å². The quantitative estimate of drug-likeness (QED) is 0.355. The van der Waals surface area contributed by atoms with Crippen molar-refractivity contribution in [2.45, 2.75) is 31.9 Å². The van der Waals surface area contributed by atoms with Crippen molar-refractivity contribution in [3.8, 4) is 0 Å². The largest absolute Gasteiger partial charge is 0.383 e. The summed E-state index contributed by atoms with van der Waals surface area (Å²) in [5.41, 5.74) is 5.72. The first kappa shape index (κ1) is 24.0. The fourth-order valence-corrected chi connectivity index (χ4v) is 6.05. The summed E-state index contributed by atoms with van der Waals surface area (Å²) in [5.74, 6) is 2.34. The van der Waals surface area contributed by atoms with Crippen LogP contribution in [0.1, 0.15) is 30.9 Å². The summed E-state index contributed by atoms with van der Waals surface area (Å²) in [4.78, 5) is 21.8. The number of anilines is 3. The van der Waals surface area contributed by atoms with Crippen LogP contribution in [0.4, 0.5) is 21.9 Å². The van der Waals surface area contributed by atoms with Gasteiger partial charge >= 0.3 is 0 Å². The van der Waals surface area contributed by atoms with E-state index in [0.717, 1.165) is 49.4 Å². The molecule has 2 aliphatic rings. The molecular formula is C26H34N4OS2. The van der Waals surface area contributed by atoms with Crippen LogP contribution in [0.3, 0.4) is 0 Å². The molecule has 2 aromatic rings. The summed E-state index contributed by atoms with van der Waals surface area (Å²) in [6, 6.07) is 14.8. The average molecular weight is 483 g/mol. The van der Waals surface area contributed by atoms with Gasteiger partial charge in [-0.1, -0.05) is 54.9 Å². The topological polar surface area (TPSA) is 47.9 Å². The minimum Gasteiger partial charge on any atom is -0.383 e. The summed E-state index contributed by atoms with van der Waals surface area (Å²) in [7, 11) is 0. The molecule has 0 bridgehead atoms. The Hall–Kier alpha value is -2.12. The molecule has 1 N–H and O–H groups in total. The lowest BCUT2D eigenvalue weighted by Gasteiger charge is -2.31. The van der Waals surface area contributed by atoms with Crippen molar-refractivity contribution >= 4 is 52.0 Å². The number of nitrogens with one attached hydrogen (secondary N) is 1. The molecule has 0 aliphatic carbocycles. The number of aryl methyl sites for hydroxylation is 1. The number of nitrogens with zero attached hydrogens (tertiary/aromatic N) is 3. The van der Waals surface area contributed by atoms with Gasteiger partial charge in [0.1, 0.15) is 0 Å². The highest BCUT2D eigenvalue weighted by atomic mass is 32.2. The Labute approximate surface area is 206 Å². The van der Waals surface area contributed by atoms with Gasteiger partial charge in [0.2, 0.25) is 0 Å². The molecule has 4 rings (SSSR count). The average Bonchev–Trinajstić information content (AvgIpc) is 3.20. The monoisotopic (exact) mass is 482 g/mol. The van der Waals surface area contributed by atoms with Gasteiger partial charge in [-0.05, 0) is 37.1 Å². The van der Waals surface area contributed by atoms with Crippen LogP contribution in [0.5, 0.6) is 0 Å². The van der Waals surface area contributed by atoms with Crippen molar-refractivity contribution in [2.75, 3.05) is 59.3 Å². The van der Waals surface area contributed by atoms with E-state index in [0.29, 0.717) is 13.1 Å². The number of thioether (sulfide) groups is 2. The van der Waals surface area contributed by atoms with E-state index in [1.165, 1.54) is 34.5 Å². The van der Waals surface area contributed by atoms with E-state index in [1.807, 2.05) is 28.9 Å². The van der Waals surface area contributed by atoms with Crippen LogP contribution in [-0.4, -0.2) is 60.9 Å². The summed E-state index contributed by atoms with van der Waals surface area (Å²) < 4.78 is 0. The lowest BCUT2D eigenvalue weighted by Crippen LogP contribution is -2.33. The van der Waals surface area contributed by atoms with Gasteiger partial charge in [0.15, 0.2) is 0 Å². The number of aliphatic imine (C=N–C) groups is 1. The second-order valence-corrected chi connectivity index (χ2v) is 11.1. The molecule has 2 fully saturated rings. The Morgan fingerprint density at radius 1 is 1.18 bits per heavy atom. The highest BCUT2D eigenvalue weighted by Crippen LogP contribution is 2.36. The molecule has 176 valence electrons. The Morgan fingerprint density at radius 3 is 2.82 bits per heavy atom. The van der Waals surface area contributed by atoms with E-state index < -0.39 is 0 Å². The molecule has 0 aromatic heterocycles. The minimum atomic E-state index is 0.118. The number of rotatable bonds is 9. The molecule has 2 heterocycles. The third-order valence-corrected chi connectivity index (χ3v) is 7.95. The molecule has 0 saturated carbocycles. The molecule has 0 radical (unpaired) electrons. The van der Waals surface area contributed by atoms with Gasteiger partial charge in [-0.15, -0.1) is 0 Å². The molecule has 1 unspecified atom stereocenters. The van der Waals surface area contributed by atoms with E-state index in [9.17, 15) is 4.79 Å². The number of hydrogen-bond acceptors (Lipinski definition) is 6. The van der Waals surface area contributed by atoms with Crippen LogP contribution in [0.15, 0.2) is 47.5 Å². The molecule has 1 atom stereocenters. The number of carbonyl (C=O) groups excluding carboxylic acids is 1. The summed E-state index contributed by atoms with van der Waals surface area (Å²) in [6.45, 7) is 8.74. The maximum atomic E-state index is 12.8. The third kappa shape index (κ3) is 6.48. The number of benzene rings is 2. The lowest BCUT2D eigenvalue weighted by atomic mass is 10.1. The van der Waals surface area contributed by atoms with Gasteiger partial charge in [-0.2, -0.15) is 11.8 Å². The molecule has 7 heteroatoms. The van der Waals surface area contributed by atoms with Crippen LogP contribution in [0.25, 0.3) is 0 Å². The van der Waals surface area contributed by atoms with Crippen molar-refractivity contribution in [2.24, 2.45) is 4.99 Å². The van der Waals surface area contributed by atoms with Crippen molar-refractivity contribution in [1.82, 2.24) is 0 Å². The second-order valence-electron chi connectivity index (χ2n) is 8.61. The Morgan fingerprint density at radius 2 is 2.03 bits per heavy atom. The highest BCUT2D eigenvalue weighted by Gasteiger charge is 2.32. The molecule has 1 amide bonds. The normalized spacial score (nSPS) is 19.0. The zero-order chi connectivity index (χ0) is 23.0. The number of amides is 1. The van der Waals surface area contributed by atoms with Crippen molar-refractivity contribution in [3.63, 3.8) is 0 Å². The SMILES string of the molecule is CCCCNc1cc(N2CC(CN=Cc3cccc(C)c3)SC2=O)ccc1N1CCSCC1. The first-order valence-electron chi connectivity index (χ1n) is 11.9. The number of hydrogen-bond donors (Lipinski definition) is 1. The van der Waals surface area contributed by atoms with Gasteiger partial charge in [0.25, 0.3) is 5.24 Å². The zero-order valence-electron chi connectivity index (χ0n) is 19.6. The second kappa shape index (κ2) is 11.8. The van der Waals surface area contributed by atoms with Crippen LogP contribution >= 0.6 is 23.5 Å². The van der Waals surface area contributed by atoms with Gasteiger partial charge in [-0.3, -0.25) is 9.79 Å². The van der Waals surface area contributed by atoms with Gasteiger partial charge in [-0.25, -0.2) is 0 Å². The molecule has 2 aliphatic heterocycles. The molecular weight excluding hydrogens is 448 g/mol. The van der Waals surface area contributed by atoms with E-state index in [4.69, 9.17) is 0 Å². The van der Waals surface area contributed by atoms with E-state index in [2.05, 4.69) is 65.5 Å². The van der Waals surface area contributed by atoms with Crippen molar-refractivity contribution in [1.29, 1.82) is 0 Å². The van der Waals surface area contributed by atoms with E-state index in [-0.39, 0.29) is 10.5 Å². The van der Waals surface area contributed by atoms with Gasteiger partial charge < -0.3 is 15.1 Å². The molecule has 0 spiro atoms. The summed E-state index contributed by atoms with van der Waals surface area (Å²) in [5, 5.41) is 3.93. The predicted octanol–water partition coefficient (Wildman–Crippen LogP) is 5.92. The van der Waals surface area contributed by atoms with Crippen LogP contribution in [-0.2, 0) is 0 Å². The van der Waals surface area contributed by atoms with Gasteiger partial charge in [0, 0.05) is 49.6 Å². The summed E-state index contributed by atoms with van der Waals surface area (Å²) >= 11 is 3.43. The Balaban J connectivity index is 1.44. The molecule has 2 saturated heterocycles. The number of carbonyl (C=O) groups is 1. The zero-order valence-corrected chi connectivity index (χ0v) is 21.3. The third-order valence-electron chi connectivity index (χ3n) is 5.95. The Kier molecular flexibility index (Phi) is 8.62. The molecule has 5 nitrogen and oxygen atoms in total. The lowest BCUT2D eigenvalue weighted by molar-refractivity contribution is 0.266. The molecule has 2 aromatic carbocycles. The standard InChI is InChI=1S/C26H34N4OS2/c1-3-4-10-28-24-16-22(8-9-25(24)29-11-13-32-14-12-29)30-19-23(33-26(30)31)18-27-17-21-7-5-6-20(2)15-21/h5-9,15-17,23,28H,3-4,10-14,18-19H2,1-2H3. The first-order valence-corrected chi connectivity index (χ1v) is 13.9. The fourth-order valence-electron chi connectivity index (χ4n) is 4.17. The maximum absolute atomic E-state index is 12.8. The van der Waals surface area contributed by atoms with Crippen molar-refractivity contribution in [3.05, 3.63) is 53.6 Å². The molecule has 33 heavy (non-hydrogen) atoms. The van der Waals surface area contributed by atoms with Crippen LogP contribution in [0, 0.1) is 6.92 Å². The summed E-state index contributed by atoms with van der Waals surface area (Å²) in [6.07, 6.45) is 4.22. The number of unbranched alkanes of at least 4 members (excludes halogenated alkanes) is 1. The first-order chi connectivity index (χ1) is 16.1. The van der Waals surface area contributed by atoms with Crippen molar-refractivity contribution < 1.29 is 4.79 Å². The van der Waals surface area contributed by atoms with Gasteiger partial charge in [0.05, 0.1) is 23.2 Å². The smallest absolute Gasteiger partial charge is 0.286 e. The predicted molar refractivity (Wildman–Crippen MR) is 147 cm³/mol. The minimum absolute atomic E-state index is 0.118. The Bertz CT molecular complexity index is 975. The maximum Gasteiger partial charge on any atom is 0.286 e. The van der Waals surface area contributed by atoms with E-state index >= 15 is 0 Å².